The summed E-state index contributed by atoms with van der Waals surface area (Å²) in [5.41, 5.74) is 12.0. The Labute approximate surface area is 317 Å². The summed E-state index contributed by atoms with van der Waals surface area (Å²) in [4.78, 5) is 4.78. The van der Waals surface area contributed by atoms with E-state index in [0.717, 1.165) is 56.7 Å². The van der Waals surface area contributed by atoms with Crippen molar-refractivity contribution in [1.82, 2.24) is 19.3 Å². The molecule has 0 spiro atoms. The molecule has 0 amide bonds. The van der Waals surface area contributed by atoms with Crippen molar-refractivity contribution < 1.29 is 25.8 Å². The van der Waals surface area contributed by atoms with E-state index in [2.05, 4.69) is 163 Å². The number of hydrogen-bond donors (Lipinski definition) is 0. The Morgan fingerprint density at radius 2 is 1.45 bits per heavy atom. The molecule has 262 valence electrons. The summed E-state index contributed by atoms with van der Waals surface area (Å²) in [6, 6.07) is 34.9. The van der Waals surface area contributed by atoms with Crippen LogP contribution in [0.4, 0.5) is 0 Å². The molecular weight excluding hydrogens is 808 g/mol. The Morgan fingerprint density at radius 1 is 0.725 bits per heavy atom. The van der Waals surface area contributed by atoms with E-state index >= 15 is 0 Å². The van der Waals surface area contributed by atoms with E-state index in [4.69, 9.17) is 14.8 Å². The number of aromatic nitrogens is 4. The number of aryl methyl sites for hydroxylation is 4. The van der Waals surface area contributed by atoms with Crippen molar-refractivity contribution in [3.05, 3.63) is 131 Å². The van der Waals surface area contributed by atoms with Gasteiger partial charge < -0.3 is 9.30 Å². The standard InChI is InChI=1S/C45H46N4O.Pt/c1-11-31-21-22-46-40(23-31)48-38-18-13-12-17-36(38)37-20-19-34(27-39(37)48)50-35-25-32(44(5,6)7)24-33(26-35)49-43(45(8,9)10)42(30(4)47-49)41-28(2)15-14-16-29(41)3;/h12-25H,11H2,1-10H3;/q-2;+2. The van der Waals surface area contributed by atoms with Crippen LogP contribution in [0, 0.1) is 32.9 Å². The molecule has 0 unspecified atom stereocenters. The van der Waals surface area contributed by atoms with Crippen molar-refractivity contribution in [2.24, 2.45) is 0 Å². The van der Waals surface area contributed by atoms with Crippen LogP contribution in [0.5, 0.6) is 11.5 Å². The van der Waals surface area contributed by atoms with Gasteiger partial charge in [0, 0.05) is 34.2 Å². The molecule has 0 radical (unpaired) electrons. The van der Waals surface area contributed by atoms with Gasteiger partial charge in [0.2, 0.25) is 0 Å². The van der Waals surface area contributed by atoms with E-state index in [-0.39, 0.29) is 31.9 Å². The minimum atomic E-state index is -0.201. The molecule has 0 aliphatic heterocycles. The van der Waals surface area contributed by atoms with Crippen molar-refractivity contribution in [2.75, 3.05) is 0 Å². The number of ether oxygens (including phenoxy) is 1. The summed E-state index contributed by atoms with van der Waals surface area (Å²) in [6.07, 6.45) is 2.82. The van der Waals surface area contributed by atoms with Crippen molar-refractivity contribution >= 4 is 21.8 Å². The molecule has 0 N–H and O–H groups in total. The third-order valence-corrected chi connectivity index (χ3v) is 9.65. The fourth-order valence-electron chi connectivity index (χ4n) is 7.13. The van der Waals surface area contributed by atoms with Crippen molar-refractivity contribution in [1.29, 1.82) is 0 Å². The Kier molecular flexibility index (Phi) is 9.67. The van der Waals surface area contributed by atoms with Gasteiger partial charge in [-0.05, 0) is 84.1 Å². The molecule has 5 nitrogen and oxygen atoms in total. The number of rotatable bonds is 6. The van der Waals surface area contributed by atoms with Crippen molar-refractivity contribution in [2.45, 2.75) is 86.5 Å². The van der Waals surface area contributed by atoms with Gasteiger partial charge in [0.1, 0.15) is 5.82 Å². The molecule has 0 atom stereocenters. The van der Waals surface area contributed by atoms with Gasteiger partial charge in [0.05, 0.1) is 11.4 Å². The molecule has 51 heavy (non-hydrogen) atoms. The zero-order valence-corrected chi connectivity index (χ0v) is 33.6. The van der Waals surface area contributed by atoms with E-state index in [9.17, 15) is 0 Å². The molecule has 7 aromatic rings. The molecule has 0 aliphatic rings. The molecule has 0 fully saturated rings. The fraction of sp³-hybridized carbons (Fsp3) is 0.289. The Balaban J connectivity index is 0.00000448. The SMILES string of the molecule is CCc1ccnc(-n2c3[c-]c(Oc4[c-]c(-n5nc(C)c(-c6c(C)cccc6C)c5C(C)(C)C)cc(C(C)(C)C)c4)ccc3c3ccccc32)c1.[Pt+2]. The monoisotopic (exact) mass is 853 g/mol. The number of nitrogens with zero attached hydrogens (tertiary/aromatic N) is 4. The fourth-order valence-corrected chi connectivity index (χ4v) is 7.13. The molecule has 7 rings (SSSR count). The van der Waals surface area contributed by atoms with Crippen LogP contribution in [0.25, 0.3) is 44.4 Å². The van der Waals surface area contributed by atoms with Crippen LogP contribution in [0.3, 0.4) is 0 Å². The van der Waals surface area contributed by atoms with Gasteiger partial charge in [0.15, 0.2) is 0 Å². The normalized spacial score (nSPS) is 12.0. The van der Waals surface area contributed by atoms with Gasteiger partial charge >= 0.3 is 21.1 Å². The summed E-state index contributed by atoms with van der Waals surface area (Å²) in [5.74, 6) is 2.11. The summed E-state index contributed by atoms with van der Waals surface area (Å²) in [7, 11) is 0. The first kappa shape index (κ1) is 36.3. The van der Waals surface area contributed by atoms with Gasteiger partial charge in [-0.1, -0.05) is 90.4 Å². The summed E-state index contributed by atoms with van der Waals surface area (Å²) in [5, 5.41) is 7.47. The maximum absolute atomic E-state index is 6.72. The molecule has 6 heteroatoms. The summed E-state index contributed by atoms with van der Waals surface area (Å²) < 4.78 is 11.0. The van der Waals surface area contributed by atoms with E-state index in [1.165, 1.54) is 27.8 Å². The van der Waals surface area contributed by atoms with Crippen molar-refractivity contribution in [3.63, 3.8) is 0 Å². The largest absolute Gasteiger partial charge is 2.00 e. The average molecular weight is 854 g/mol. The summed E-state index contributed by atoms with van der Waals surface area (Å²) in [6.45, 7) is 22.1. The predicted octanol–water partition coefficient (Wildman–Crippen LogP) is 11.5. The number of benzene rings is 4. The number of para-hydroxylation sites is 1. The number of pyridine rings is 1. The molecule has 0 aliphatic carbocycles. The second-order valence-electron chi connectivity index (χ2n) is 15.5. The summed E-state index contributed by atoms with van der Waals surface area (Å²) >= 11 is 0. The predicted molar refractivity (Wildman–Crippen MR) is 206 cm³/mol. The smallest absolute Gasteiger partial charge is 0.509 e. The minimum absolute atomic E-state index is 0. The van der Waals surface area contributed by atoms with E-state index in [1.807, 2.05) is 12.3 Å². The molecular formula is C45H46N4OPt. The van der Waals surface area contributed by atoms with Crippen LogP contribution in [0.15, 0.2) is 85.1 Å². The zero-order chi connectivity index (χ0) is 35.5. The minimum Gasteiger partial charge on any atom is -0.509 e. The maximum atomic E-state index is 6.72. The Morgan fingerprint density at radius 3 is 2.14 bits per heavy atom. The molecule has 4 aromatic carbocycles. The van der Waals surface area contributed by atoms with Gasteiger partial charge in [-0.25, -0.2) is 4.98 Å². The average Bonchev–Trinajstić information content (AvgIpc) is 3.59. The second kappa shape index (κ2) is 13.6. The zero-order valence-electron chi connectivity index (χ0n) is 31.3. The Bertz CT molecular complexity index is 2380. The van der Waals surface area contributed by atoms with Crippen LogP contribution >= 0.6 is 0 Å². The first-order chi connectivity index (χ1) is 23.7. The van der Waals surface area contributed by atoms with Gasteiger partial charge in [-0.3, -0.25) is 4.68 Å². The Hall–Kier alpha value is -4.47. The van der Waals surface area contributed by atoms with Crippen molar-refractivity contribution in [3.8, 4) is 34.1 Å². The number of fused-ring (bicyclic) bond motifs is 3. The van der Waals surface area contributed by atoms with Gasteiger partial charge in [-0.15, -0.1) is 41.3 Å². The first-order valence-electron chi connectivity index (χ1n) is 17.6. The van der Waals surface area contributed by atoms with Gasteiger partial charge in [0.25, 0.3) is 0 Å². The molecule has 3 heterocycles. The third kappa shape index (κ3) is 6.69. The first-order valence-corrected chi connectivity index (χ1v) is 17.6. The second-order valence-corrected chi connectivity index (χ2v) is 15.5. The van der Waals surface area contributed by atoms with Crippen LogP contribution in [-0.2, 0) is 38.3 Å². The van der Waals surface area contributed by atoms with Crippen LogP contribution in [0.2, 0.25) is 0 Å². The molecule has 0 saturated heterocycles. The van der Waals surface area contributed by atoms with E-state index in [1.54, 1.807) is 0 Å². The van der Waals surface area contributed by atoms with Crippen LogP contribution in [0.1, 0.15) is 82.1 Å². The number of hydrogen-bond acceptors (Lipinski definition) is 3. The molecule has 0 bridgehead atoms. The van der Waals surface area contributed by atoms with Crippen LogP contribution < -0.4 is 4.74 Å². The van der Waals surface area contributed by atoms with Gasteiger partial charge in [-0.2, -0.15) is 11.2 Å². The third-order valence-electron chi connectivity index (χ3n) is 9.65. The van der Waals surface area contributed by atoms with E-state index in [0.29, 0.717) is 11.5 Å². The van der Waals surface area contributed by atoms with Crippen LogP contribution in [-0.4, -0.2) is 19.3 Å². The quantitative estimate of drug-likeness (QED) is 0.157. The van der Waals surface area contributed by atoms with E-state index < -0.39 is 0 Å². The topological polar surface area (TPSA) is 44.9 Å². The molecule has 0 saturated carbocycles. The molecule has 3 aromatic heterocycles. The maximum Gasteiger partial charge on any atom is 2.00 e.